The van der Waals surface area contributed by atoms with E-state index in [0.717, 1.165) is 31.3 Å². The minimum absolute atomic E-state index is 0.0535. The van der Waals surface area contributed by atoms with Gasteiger partial charge in [0.2, 0.25) is 5.82 Å². The van der Waals surface area contributed by atoms with E-state index in [-0.39, 0.29) is 5.75 Å². The molecule has 0 fully saturated rings. The number of rotatable bonds is 4. The minimum Gasteiger partial charge on any atom is -0.494 e. The molecule has 0 aliphatic heterocycles. The zero-order valence-electron chi connectivity index (χ0n) is 11.1. The molecule has 1 nitrogen and oxygen atoms in total. The summed E-state index contributed by atoms with van der Waals surface area (Å²) in [5.74, 6) is -1.20. The van der Waals surface area contributed by atoms with Crippen LogP contribution in [0.4, 0.5) is 8.78 Å². The van der Waals surface area contributed by atoms with Gasteiger partial charge < -0.3 is 4.74 Å². The van der Waals surface area contributed by atoms with Gasteiger partial charge in [0.25, 0.3) is 0 Å². The van der Waals surface area contributed by atoms with E-state index < -0.39 is 11.6 Å². The summed E-state index contributed by atoms with van der Waals surface area (Å²) in [6, 6.07) is 3.07. The van der Waals surface area contributed by atoms with E-state index in [9.17, 15) is 8.78 Å². The highest BCUT2D eigenvalue weighted by Gasteiger charge is 2.20. The number of halogens is 2. The molecule has 0 saturated carbocycles. The number of allylic oxidation sites excluding steroid dienone is 3. The minimum atomic E-state index is -0.908. The van der Waals surface area contributed by atoms with Crippen molar-refractivity contribution in [1.82, 2.24) is 0 Å². The Morgan fingerprint density at radius 3 is 2.74 bits per heavy atom. The van der Waals surface area contributed by atoms with Gasteiger partial charge in [-0.1, -0.05) is 12.2 Å². The quantitative estimate of drug-likeness (QED) is 0.714. The molecule has 0 spiro atoms. The molecule has 19 heavy (non-hydrogen) atoms. The topological polar surface area (TPSA) is 9.23 Å². The van der Waals surface area contributed by atoms with E-state index in [1.165, 1.54) is 13.2 Å². The van der Waals surface area contributed by atoms with Crippen LogP contribution in [0.1, 0.15) is 31.2 Å². The maximum absolute atomic E-state index is 14.0. The van der Waals surface area contributed by atoms with Gasteiger partial charge in [-0.05, 0) is 49.3 Å². The first kappa shape index (κ1) is 13.8. The van der Waals surface area contributed by atoms with Crippen LogP contribution in [0.15, 0.2) is 30.9 Å². The van der Waals surface area contributed by atoms with Crippen LogP contribution in [0.2, 0.25) is 0 Å². The van der Waals surface area contributed by atoms with Gasteiger partial charge in [-0.25, -0.2) is 4.39 Å². The van der Waals surface area contributed by atoms with Crippen molar-refractivity contribution in [3.8, 4) is 5.75 Å². The standard InChI is InChI=1S/C16H18F2O/c1-3-4-11-5-7-12(8-6-11)13-9-10-14(19-2)16(18)15(13)17/h3,7,9-11H,1,4-6,8H2,2H3. The van der Waals surface area contributed by atoms with E-state index in [1.54, 1.807) is 6.07 Å². The van der Waals surface area contributed by atoms with Gasteiger partial charge in [-0.15, -0.1) is 6.58 Å². The zero-order chi connectivity index (χ0) is 13.8. The third-order valence-corrected chi connectivity index (χ3v) is 3.63. The van der Waals surface area contributed by atoms with Crippen LogP contribution >= 0.6 is 0 Å². The van der Waals surface area contributed by atoms with Crippen LogP contribution in [0.25, 0.3) is 5.57 Å². The fraction of sp³-hybridized carbons (Fsp3) is 0.375. The molecule has 0 heterocycles. The second-order valence-corrected chi connectivity index (χ2v) is 4.84. The summed E-state index contributed by atoms with van der Waals surface area (Å²) in [6.07, 6.45) is 7.57. The summed E-state index contributed by atoms with van der Waals surface area (Å²) >= 11 is 0. The summed E-state index contributed by atoms with van der Waals surface area (Å²) in [5, 5.41) is 0. The Labute approximate surface area is 112 Å². The van der Waals surface area contributed by atoms with Crippen LogP contribution in [-0.2, 0) is 0 Å². The first-order chi connectivity index (χ1) is 9.17. The van der Waals surface area contributed by atoms with Crippen LogP contribution in [-0.4, -0.2) is 7.11 Å². The highest BCUT2D eigenvalue weighted by molar-refractivity contribution is 5.67. The second-order valence-electron chi connectivity index (χ2n) is 4.84. The largest absolute Gasteiger partial charge is 0.494 e. The predicted octanol–water partition coefficient (Wildman–Crippen LogP) is 4.73. The summed E-state index contributed by atoms with van der Waals surface area (Å²) in [7, 11) is 1.33. The van der Waals surface area contributed by atoms with Crippen molar-refractivity contribution in [3.05, 3.63) is 48.1 Å². The fourth-order valence-electron chi connectivity index (χ4n) is 2.52. The monoisotopic (exact) mass is 264 g/mol. The van der Waals surface area contributed by atoms with Crippen molar-refractivity contribution < 1.29 is 13.5 Å². The van der Waals surface area contributed by atoms with Gasteiger partial charge in [0.15, 0.2) is 11.6 Å². The number of benzene rings is 1. The molecule has 1 aromatic carbocycles. The van der Waals surface area contributed by atoms with Gasteiger partial charge >= 0.3 is 0 Å². The normalized spacial score (nSPS) is 18.9. The van der Waals surface area contributed by atoms with E-state index in [1.807, 2.05) is 12.2 Å². The smallest absolute Gasteiger partial charge is 0.201 e. The third-order valence-electron chi connectivity index (χ3n) is 3.63. The van der Waals surface area contributed by atoms with Gasteiger partial charge in [0, 0.05) is 5.56 Å². The highest BCUT2D eigenvalue weighted by atomic mass is 19.2. The molecule has 0 aromatic heterocycles. The number of ether oxygens (including phenoxy) is 1. The number of methoxy groups -OCH3 is 1. The van der Waals surface area contributed by atoms with Crippen LogP contribution in [0.3, 0.4) is 0 Å². The van der Waals surface area contributed by atoms with Crippen LogP contribution in [0, 0.1) is 17.6 Å². The van der Waals surface area contributed by atoms with E-state index in [2.05, 4.69) is 6.58 Å². The second kappa shape index (κ2) is 6.00. The predicted molar refractivity (Wildman–Crippen MR) is 73.0 cm³/mol. The van der Waals surface area contributed by atoms with Gasteiger partial charge in [0.1, 0.15) is 0 Å². The maximum atomic E-state index is 14.0. The Hall–Kier alpha value is -1.64. The van der Waals surface area contributed by atoms with Crippen molar-refractivity contribution in [2.75, 3.05) is 7.11 Å². The van der Waals surface area contributed by atoms with Gasteiger partial charge in [0.05, 0.1) is 7.11 Å². The van der Waals surface area contributed by atoms with E-state index in [4.69, 9.17) is 4.74 Å². The van der Waals surface area contributed by atoms with Crippen molar-refractivity contribution in [2.24, 2.45) is 5.92 Å². The molecule has 0 N–H and O–H groups in total. The lowest BCUT2D eigenvalue weighted by Gasteiger charge is -2.21. The summed E-state index contributed by atoms with van der Waals surface area (Å²) < 4.78 is 32.4. The Balaban J connectivity index is 2.24. The van der Waals surface area contributed by atoms with Crippen molar-refractivity contribution in [3.63, 3.8) is 0 Å². The molecule has 1 atom stereocenters. The van der Waals surface area contributed by atoms with Crippen LogP contribution < -0.4 is 4.74 Å². The Bertz CT molecular complexity index is 506. The Kier molecular flexibility index (Phi) is 4.35. The average molecular weight is 264 g/mol. The molecule has 1 aliphatic rings. The lowest BCUT2D eigenvalue weighted by Crippen LogP contribution is -2.06. The Morgan fingerprint density at radius 1 is 1.37 bits per heavy atom. The van der Waals surface area contributed by atoms with E-state index in [0.29, 0.717) is 11.5 Å². The zero-order valence-corrected chi connectivity index (χ0v) is 11.1. The fourth-order valence-corrected chi connectivity index (χ4v) is 2.52. The third kappa shape index (κ3) is 2.86. The molecule has 0 amide bonds. The average Bonchev–Trinajstić information content (AvgIpc) is 2.43. The first-order valence-electron chi connectivity index (χ1n) is 6.49. The van der Waals surface area contributed by atoms with E-state index >= 15 is 0 Å². The van der Waals surface area contributed by atoms with Gasteiger partial charge in [-0.3, -0.25) is 0 Å². The van der Waals surface area contributed by atoms with Crippen molar-refractivity contribution in [2.45, 2.75) is 25.7 Å². The number of hydrogen-bond donors (Lipinski definition) is 0. The lowest BCUT2D eigenvalue weighted by atomic mass is 9.85. The Morgan fingerprint density at radius 2 is 2.16 bits per heavy atom. The maximum Gasteiger partial charge on any atom is 0.201 e. The SMILES string of the molecule is C=CCC1CC=C(c2ccc(OC)c(F)c2F)CC1. The lowest BCUT2D eigenvalue weighted by molar-refractivity contribution is 0.371. The summed E-state index contributed by atoms with van der Waals surface area (Å²) in [4.78, 5) is 0. The molecule has 102 valence electrons. The molecule has 3 heteroatoms. The highest BCUT2D eigenvalue weighted by Crippen LogP contribution is 2.35. The van der Waals surface area contributed by atoms with Crippen molar-refractivity contribution in [1.29, 1.82) is 0 Å². The molecule has 1 aliphatic carbocycles. The van der Waals surface area contributed by atoms with Crippen LogP contribution in [0.5, 0.6) is 5.75 Å². The molecular weight excluding hydrogens is 246 g/mol. The van der Waals surface area contributed by atoms with Crippen molar-refractivity contribution >= 4 is 5.57 Å². The molecule has 0 bridgehead atoms. The molecular formula is C16H18F2O. The molecule has 0 saturated heterocycles. The summed E-state index contributed by atoms with van der Waals surface area (Å²) in [6.45, 7) is 3.73. The first-order valence-corrected chi connectivity index (χ1v) is 6.49. The molecule has 1 aromatic rings. The summed E-state index contributed by atoms with van der Waals surface area (Å²) in [5.41, 5.74) is 1.25. The number of hydrogen-bond acceptors (Lipinski definition) is 1. The molecule has 2 rings (SSSR count). The van der Waals surface area contributed by atoms with Gasteiger partial charge in [-0.2, -0.15) is 4.39 Å². The molecule has 1 unspecified atom stereocenters. The molecule has 0 radical (unpaired) electrons.